The number of nitrogens with two attached hydrogens (primary N) is 1. The molecule has 0 radical (unpaired) electrons. The third-order valence-corrected chi connectivity index (χ3v) is 3.39. The van der Waals surface area contributed by atoms with Gasteiger partial charge in [0.15, 0.2) is 0 Å². The molecule has 0 aromatic carbocycles. The summed E-state index contributed by atoms with van der Waals surface area (Å²) in [5.41, 5.74) is 2.79. The number of nitrogens with one attached hydrogen (secondary N) is 1. The molecule has 0 bridgehead atoms. The van der Waals surface area contributed by atoms with Crippen molar-refractivity contribution in [3.63, 3.8) is 0 Å². The lowest BCUT2D eigenvalue weighted by molar-refractivity contribution is -0.0576. The Morgan fingerprint density at radius 3 is 2.25 bits per heavy atom. The molecule has 98 valence electrons. The molecule has 3 nitrogen and oxygen atoms in total. The Kier molecular flexibility index (Phi) is 7.98. The molecule has 0 fully saturated rings. The van der Waals surface area contributed by atoms with Gasteiger partial charge in [-0.05, 0) is 32.6 Å². The molecule has 0 aromatic heterocycles. The summed E-state index contributed by atoms with van der Waals surface area (Å²) in [6.07, 6.45) is 4.52. The molecule has 0 heterocycles. The highest BCUT2D eigenvalue weighted by molar-refractivity contribution is 4.87. The second kappa shape index (κ2) is 8.04. The Morgan fingerprint density at radius 2 is 1.88 bits per heavy atom. The maximum Gasteiger partial charge on any atom is 0.0817 e. The number of hydrogen-bond acceptors (Lipinski definition) is 3. The minimum atomic E-state index is -0.138. The minimum Gasteiger partial charge on any atom is -0.374 e. The van der Waals surface area contributed by atoms with Crippen molar-refractivity contribution >= 4 is 0 Å². The van der Waals surface area contributed by atoms with E-state index in [2.05, 4.69) is 33.1 Å². The van der Waals surface area contributed by atoms with Gasteiger partial charge in [0.2, 0.25) is 0 Å². The zero-order valence-electron chi connectivity index (χ0n) is 11.7. The zero-order chi connectivity index (χ0) is 12.6. The minimum absolute atomic E-state index is 0.138. The average molecular weight is 230 g/mol. The van der Waals surface area contributed by atoms with Crippen molar-refractivity contribution in [1.82, 2.24) is 5.43 Å². The molecule has 2 unspecified atom stereocenters. The molecule has 0 aliphatic heterocycles. The van der Waals surface area contributed by atoms with Crippen LogP contribution in [0.5, 0.6) is 0 Å². The highest BCUT2D eigenvalue weighted by Crippen LogP contribution is 2.24. The van der Waals surface area contributed by atoms with Crippen molar-refractivity contribution in [2.75, 3.05) is 6.61 Å². The Bertz CT molecular complexity index is 173. The van der Waals surface area contributed by atoms with Gasteiger partial charge in [-0.3, -0.25) is 11.3 Å². The van der Waals surface area contributed by atoms with E-state index in [-0.39, 0.29) is 11.6 Å². The fourth-order valence-electron chi connectivity index (χ4n) is 2.07. The lowest BCUT2D eigenvalue weighted by Crippen LogP contribution is -2.53. The van der Waals surface area contributed by atoms with Crippen molar-refractivity contribution in [2.45, 2.75) is 71.9 Å². The summed E-state index contributed by atoms with van der Waals surface area (Å²) in [7, 11) is 0. The highest BCUT2D eigenvalue weighted by Gasteiger charge is 2.31. The van der Waals surface area contributed by atoms with Gasteiger partial charge in [0.25, 0.3) is 0 Å². The first-order valence-corrected chi connectivity index (χ1v) is 6.60. The van der Waals surface area contributed by atoms with Crippen LogP contribution < -0.4 is 11.3 Å². The number of ether oxygens (including phenoxy) is 1. The molecule has 0 aliphatic rings. The molecule has 16 heavy (non-hydrogen) atoms. The van der Waals surface area contributed by atoms with Gasteiger partial charge in [0.05, 0.1) is 5.60 Å². The molecule has 0 saturated heterocycles. The zero-order valence-corrected chi connectivity index (χ0v) is 11.7. The first-order valence-electron chi connectivity index (χ1n) is 6.60. The Balaban J connectivity index is 4.21. The van der Waals surface area contributed by atoms with Crippen molar-refractivity contribution in [3.05, 3.63) is 0 Å². The Morgan fingerprint density at radius 1 is 1.25 bits per heavy atom. The standard InChI is InChI=1S/C13H30N2O/c1-6-13(5,16-7-2)12(15-14)10-8-9-11(3)4/h11-12,15H,6-10,14H2,1-5H3. The Hall–Kier alpha value is -0.120. The van der Waals surface area contributed by atoms with Crippen LogP contribution in [0.4, 0.5) is 0 Å². The second-order valence-corrected chi connectivity index (χ2v) is 5.14. The van der Waals surface area contributed by atoms with Gasteiger partial charge in [-0.25, -0.2) is 0 Å². The predicted octanol–water partition coefficient (Wildman–Crippen LogP) is 2.85. The van der Waals surface area contributed by atoms with Gasteiger partial charge in [-0.2, -0.15) is 0 Å². The van der Waals surface area contributed by atoms with Crippen LogP contribution in [0.15, 0.2) is 0 Å². The second-order valence-electron chi connectivity index (χ2n) is 5.14. The van der Waals surface area contributed by atoms with Gasteiger partial charge in [-0.15, -0.1) is 0 Å². The maximum atomic E-state index is 5.85. The van der Waals surface area contributed by atoms with Gasteiger partial charge in [-0.1, -0.05) is 33.6 Å². The smallest absolute Gasteiger partial charge is 0.0817 e. The van der Waals surface area contributed by atoms with E-state index in [1.54, 1.807) is 0 Å². The van der Waals surface area contributed by atoms with E-state index in [1.165, 1.54) is 12.8 Å². The number of rotatable bonds is 9. The normalized spacial score (nSPS) is 17.4. The predicted molar refractivity (Wildman–Crippen MR) is 70.1 cm³/mol. The molecular weight excluding hydrogens is 200 g/mol. The molecule has 0 aliphatic carbocycles. The number of hydrogen-bond donors (Lipinski definition) is 2. The van der Waals surface area contributed by atoms with Crippen LogP contribution in [0.1, 0.15) is 60.3 Å². The van der Waals surface area contributed by atoms with E-state index in [1.807, 2.05) is 6.92 Å². The van der Waals surface area contributed by atoms with Crippen molar-refractivity contribution in [3.8, 4) is 0 Å². The largest absolute Gasteiger partial charge is 0.374 e. The van der Waals surface area contributed by atoms with Crippen molar-refractivity contribution in [2.24, 2.45) is 11.8 Å². The summed E-state index contributed by atoms with van der Waals surface area (Å²) >= 11 is 0. The van der Waals surface area contributed by atoms with Crippen LogP contribution in [0.3, 0.4) is 0 Å². The van der Waals surface area contributed by atoms with E-state index in [0.29, 0.717) is 0 Å². The van der Waals surface area contributed by atoms with Gasteiger partial charge >= 0.3 is 0 Å². The van der Waals surface area contributed by atoms with Crippen molar-refractivity contribution < 1.29 is 4.74 Å². The molecule has 0 rings (SSSR count). The summed E-state index contributed by atoms with van der Waals surface area (Å²) in [4.78, 5) is 0. The average Bonchev–Trinajstić information content (AvgIpc) is 2.24. The van der Waals surface area contributed by atoms with Gasteiger partial charge < -0.3 is 4.74 Å². The highest BCUT2D eigenvalue weighted by atomic mass is 16.5. The summed E-state index contributed by atoms with van der Waals surface area (Å²) in [6, 6.07) is 0.246. The molecule has 2 atom stereocenters. The van der Waals surface area contributed by atoms with E-state index < -0.39 is 0 Å². The Labute approximate surface area is 101 Å². The van der Waals surface area contributed by atoms with Gasteiger partial charge in [0, 0.05) is 12.6 Å². The van der Waals surface area contributed by atoms with E-state index in [0.717, 1.165) is 25.4 Å². The maximum absolute atomic E-state index is 5.85. The molecule has 0 spiro atoms. The molecule has 0 aromatic rings. The quantitative estimate of drug-likeness (QED) is 0.473. The summed E-state index contributed by atoms with van der Waals surface area (Å²) in [6.45, 7) is 11.6. The van der Waals surface area contributed by atoms with Crippen LogP contribution in [-0.2, 0) is 4.74 Å². The summed E-state index contributed by atoms with van der Waals surface area (Å²) in [5, 5.41) is 0. The molecular formula is C13H30N2O. The lowest BCUT2D eigenvalue weighted by atomic mass is 9.89. The fraction of sp³-hybridized carbons (Fsp3) is 1.00. The first-order chi connectivity index (χ1) is 7.50. The van der Waals surface area contributed by atoms with Crippen LogP contribution in [0.2, 0.25) is 0 Å². The molecule has 3 N–H and O–H groups in total. The fourth-order valence-corrected chi connectivity index (χ4v) is 2.07. The van der Waals surface area contributed by atoms with E-state index in [9.17, 15) is 0 Å². The van der Waals surface area contributed by atoms with Gasteiger partial charge in [0.1, 0.15) is 0 Å². The third kappa shape index (κ3) is 5.28. The van der Waals surface area contributed by atoms with Crippen LogP contribution in [0, 0.1) is 5.92 Å². The van der Waals surface area contributed by atoms with Crippen LogP contribution in [-0.4, -0.2) is 18.2 Å². The molecule has 3 heteroatoms. The SMILES string of the molecule is CCOC(C)(CC)C(CCCC(C)C)NN. The summed E-state index contributed by atoms with van der Waals surface area (Å²) in [5.74, 6) is 6.41. The monoisotopic (exact) mass is 230 g/mol. The topological polar surface area (TPSA) is 47.3 Å². The van der Waals surface area contributed by atoms with Crippen LogP contribution in [0.25, 0.3) is 0 Å². The first kappa shape index (κ1) is 15.9. The van der Waals surface area contributed by atoms with Crippen LogP contribution >= 0.6 is 0 Å². The molecule has 0 amide bonds. The lowest BCUT2D eigenvalue weighted by Gasteiger charge is -2.36. The van der Waals surface area contributed by atoms with E-state index >= 15 is 0 Å². The third-order valence-electron chi connectivity index (χ3n) is 3.39. The number of hydrazine groups is 1. The van der Waals surface area contributed by atoms with Crippen molar-refractivity contribution in [1.29, 1.82) is 0 Å². The van der Waals surface area contributed by atoms with E-state index in [4.69, 9.17) is 10.6 Å². The summed E-state index contributed by atoms with van der Waals surface area (Å²) < 4.78 is 5.85. The molecule has 0 saturated carbocycles.